The van der Waals surface area contributed by atoms with Gasteiger partial charge in [0.1, 0.15) is 17.7 Å². The SMILES string of the molecule is CCC(C)C(NC(=O)OC(C)(C)C)C(=O)N(C(C)CC)C(C(=O)Nc1c(C)cccc1C)c1c(C)cccc1C. The van der Waals surface area contributed by atoms with Gasteiger partial charge in [-0.1, -0.05) is 63.6 Å². The normalized spacial score (nSPS) is 14.5. The van der Waals surface area contributed by atoms with E-state index in [9.17, 15) is 14.4 Å². The zero-order valence-corrected chi connectivity index (χ0v) is 26.3. The Hall–Kier alpha value is -3.35. The number of ether oxygens (including phenoxy) is 1. The van der Waals surface area contributed by atoms with Crippen LogP contribution in [-0.4, -0.2) is 40.5 Å². The molecule has 2 rings (SSSR count). The van der Waals surface area contributed by atoms with E-state index < -0.39 is 23.8 Å². The van der Waals surface area contributed by atoms with Crippen LogP contribution in [0.25, 0.3) is 0 Å². The van der Waals surface area contributed by atoms with E-state index in [4.69, 9.17) is 4.74 Å². The largest absolute Gasteiger partial charge is 0.444 e. The number of nitrogens with zero attached hydrogens (tertiary/aromatic N) is 1. The molecule has 0 aliphatic heterocycles. The summed E-state index contributed by atoms with van der Waals surface area (Å²) in [7, 11) is 0. The Labute approximate surface area is 241 Å². The fourth-order valence-electron chi connectivity index (χ4n) is 4.93. The van der Waals surface area contributed by atoms with Crippen molar-refractivity contribution in [3.8, 4) is 0 Å². The average Bonchev–Trinajstić information content (AvgIpc) is 2.86. The van der Waals surface area contributed by atoms with E-state index in [-0.39, 0.29) is 23.8 Å². The number of rotatable bonds is 10. The number of amides is 3. The van der Waals surface area contributed by atoms with Crippen molar-refractivity contribution in [1.29, 1.82) is 0 Å². The molecule has 0 aliphatic rings. The fraction of sp³-hybridized carbons (Fsp3) is 0.545. The van der Waals surface area contributed by atoms with E-state index in [1.807, 2.05) is 91.8 Å². The van der Waals surface area contributed by atoms with Crippen molar-refractivity contribution in [3.63, 3.8) is 0 Å². The van der Waals surface area contributed by atoms with Gasteiger partial charge in [-0.05, 0) is 95.5 Å². The van der Waals surface area contributed by atoms with Gasteiger partial charge >= 0.3 is 6.09 Å². The highest BCUT2D eigenvalue weighted by Crippen LogP contribution is 2.33. The molecule has 0 fully saturated rings. The van der Waals surface area contributed by atoms with Crippen LogP contribution in [0.5, 0.6) is 0 Å². The number of aryl methyl sites for hydroxylation is 4. The molecule has 0 aliphatic carbocycles. The number of nitrogens with one attached hydrogen (secondary N) is 2. The molecule has 2 N–H and O–H groups in total. The smallest absolute Gasteiger partial charge is 0.408 e. The minimum Gasteiger partial charge on any atom is -0.444 e. The van der Waals surface area contributed by atoms with Gasteiger partial charge in [-0.3, -0.25) is 9.59 Å². The number of para-hydroxylation sites is 1. The van der Waals surface area contributed by atoms with Crippen molar-refractivity contribution < 1.29 is 19.1 Å². The van der Waals surface area contributed by atoms with Crippen LogP contribution >= 0.6 is 0 Å². The summed E-state index contributed by atoms with van der Waals surface area (Å²) in [5, 5.41) is 6.00. The molecule has 40 heavy (non-hydrogen) atoms. The number of carbonyl (C=O) groups excluding carboxylic acids is 3. The van der Waals surface area contributed by atoms with Crippen molar-refractivity contribution >= 4 is 23.6 Å². The lowest BCUT2D eigenvalue weighted by molar-refractivity contribution is -0.144. The molecular formula is C33H49N3O4. The van der Waals surface area contributed by atoms with Crippen LogP contribution in [0, 0.1) is 33.6 Å². The third-order valence-electron chi connectivity index (χ3n) is 7.54. The van der Waals surface area contributed by atoms with Crippen molar-refractivity contribution in [2.24, 2.45) is 5.92 Å². The minimum atomic E-state index is -0.908. The molecule has 0 radical (unpaired) electrons. The lowest BCUT2D eigenvalue weighted by atomic mass is 9.90. The van der Waals surface area contributed by atoms with Crippen LogP contribution in [0.4, 0.5) is 10.5 Å². The van der Waals surface area contributed by atoms with Crippen molar-refractivity contribution in [2.75, 3.05) is 5.32 Å². The first-order valence-corrected chi connectivity index (χ1v) is 14.4. The molecule has 0 spiro atoms. The molecule has 0 heterocycles. The topological polar surface area (TPSA) is 87.7 Å². The molecule has 4 atom stereocenters. The summed E-state index contributed by atoms with van der Waals surface area (Å²) < 4.78 is 5.52. The maximum absolute atomic E-state index is 14.5. The van der Waals surface area contributed by atoms with Gasteiger partial charge in [0.05, 0.1) is 0 Å². The molecule has 3 amide bonds. The molecule has 0 bridgehead atoms. The van der Waals surface area contributed by atoms with E-state index in [1.165, 1.54) is 0 Å². The van der Waals surface area contributed by atoms with Crippen LogP contribution in [0.2, 0.25) is 0 Å². The molecule has 7 nitrogen and oxygen atoms in total. The summed E-state index contributed by atoms with van der Waals surface area (Å²) in [5.74, 6) is -0.783. The van der Waals surface area contributed by atoms with E-state index >= 15 is 0 Å². The first kappa shape index (κ1) is 32.9. The Bertz CT molecular complexity index is 1160. The molecule has 0 saturated carbocycles. The van der Waals surface area contributed by atoms with Crippen molar-refractivity contribution in [2.45, 2.75) is 113 Å². The summed E-state index contributed by atoms with van der Waals surface area (Å²) >= 11 is 0. The van der Waals surface area contributed by atoms with Gasteiger partial charge in [-0.2, -0.15) is 0 Å². The first-order valence-electron chi connectivity index (χ1n) is 14.4. The van der Waals surface area contributed by atoms with Crippen LogP contribution < -0.4 is 10.6 Å². The highest BCUT2D eigenvalue weighted by Gasteiger charge is 2.41. The second-order valence-electron chi connectivity index (χ2n) is 12.0. The summed E-state index contributed by atoms with van der Waals surface area (Å²) in [6.45, 7) is 21.0. The zero-order valence-electron chi connectivity index (χ0n) is 26.3. The maximum Gasteiger partial charge on any atom is 0.408 e. The highest BCUT2D eigenvalue weighted by molar-refractivity contribution is 6.00. The first-order chi connectivity index (χ1) is 18.6. The van der Waals surface area contributed by atoms with Crippen molar-refractivity contribution in [3.05, 3.63) is 64.2 Å². The molecule has 7 heteroatoms. The number of carbonyl (C=O) groups is 3. The summed E-state index contributed by atoms with van der Waals surface area (Å²) in [5.41, 5.74) is 4.55. The van der Waals surface area contributed by atoms with Gasteiger partial charge < -0.3 is 20.3 Å². The fourth-order valence-corrected chi connectivity index (χ4v) is 4.93. The van der Waals surface area contributed by atoms with Gasteiger partial charge in [0.2, 0.25) is 5.91 Å². The molecule has 220 valence electrons. The maximum atomic E-state index is 14.5. The Morgan fingerprint density at radius 1 is 0.850 bits per heavy atom. The van der Waals surface area contributed by atoms with E-state index in [1.54, 1.807) is 25.7 Å². The lowest BCUT2D eigenvalue weighted by Crippen LogP contribution is -2.57. The average molecular weight is 552 g/mol. The molecule has 0 aromatic heterocycles. The predicted octanol–water partition coefficient (Wildman–Crippen LogP) is 7.17. The number of alkyl carbamates (subject to hydrolysis) is 1. The Kier molecular flexibility index (Phi) is 11.4. The second-order valence-corrected chi connectivity index (χ2v) is 12.0. The van der Waals surface area contributed by atoms with Gasteiger partial charge in [0.15, 0.2) is 0 Å². The molecule has 2 aromatic carbocycles. The monoisotopic (exact) mass is 551 g/mol. The number of hydrogen-bond acceptors (Lipinski definition) is 4. The lowest BCUT2D eigenvalue weighted by Gasteiger charge is -2.40. The van der Waals surface area contributed by atoms with Crippen LogP contribution in [-0.2, 0) is 14.3 Å². The summed E-state index contributed by atoms with van der Waals surface area (Å²) in [6, 6.07) is 9.69. The van der Waals surface area contributed by atoms with Gasteiger partial charge in [-0.25, -0.2) is 4.79 Å². The highest BCUT2D eigenvalue weighted by atomic mass is 16.6. The van der Waals surface area contributed by atoms with Gasteiger partial charge in [0, 0.05) is 11.7 Å². The number of benzene rings is 2. The molecule has 2 aromatic rings. The van der Waals surface area contributed by atoms with E-state index in [0.29, 0.717) is 12.8 Å². The van der Waals surface area contributed by atoms with Crippen LogP contribution in [0.15, 0.2) is 36.4 Å². The summed E-state index contributed by atoms with van der Waals surface area (Å²) in [6.07, 6.45) is 0.631. The number of hydrogen-bond donors (Lipinski definition) is 2. The molecular weight excluding hydrogens is 502 g/mol. The van der Waals surface area contributed by atoms with E-state index in [2.05, 4.69) is 10.6 Å². The second kappa shape index (κ2) is 13.8. The Morgan fingerprint density at radius 3 is 1.80 bits per heavy atom. The van der Waals surface area contributed by atoms with Crippen LogP contribution in [0.1, 0.15) is 95.2 Å². The Morgan fingerprint density at radius 2 is 1.35 bits per heavy atom. The molecule has 4 unspecified atom stereocenters. The standard InChI is InChI=1S/C33H49N3O4/c1-12-20(3)28(35-32(39)40-33(9,10)11)31(38)36(25(8)13-2)29(26-21(4)16-14-17-22(26)5)30(37)34-27-23(6)18-15-19-24(27)7/h14-20,25,28-29H,12-13H2,1-11H3,(H,34,37)(H,35,39). The third kappa shape index (κ3) is 8.09. The summed E-state index contributed by atoms with van der Waals surface area (Å²) in [4.78, 5) is 43.4. The number of anilines is 1. The predicted molar refractivity (Wildman–Crippen MR) is 162 cm³/mol. The quantitative estimate of drug-likeness (QED) is 0.328. The van der Waals surface area contributed by atoms with Crippen molar-refractivity contribution in [1.82, 2.24) is 10.2 Å². The molecule has 0 saturated heterocycles. The van der Waals surface area contributed by atoms with E-state index in [0.717, 1.165) is 33.5 Å². The Balaban J connectivity index is 2.71. The zero-order chi connectivity index (χ0) is 30.4. The van der Waals surface area contributed by atoms with Gasteiger partial charge in [-0.15, -0.1) is 0 Å². The van der Waals surface area contributed by atoms with Crippen LogP contribution in [0.3, 0.4) is 0 Å². The van der Waals surface area contributed by atoms with Gasteiger partial charge in [0.25, 0.3) is 5.91 Å². The minimum absolute atomic E-state index is 0.188. The third-order valence-corrected chi connectivity index (χ3v) is 7.54.